The minimum Gasteiger partial charge on any atom is -0.292 e. The van der Waals surface area contributed by atoms with E-state index in [2.05, 4.69) is 4.72 Å². The summed E-state index contributed by atoms with van der Waals surface area (Å²) in [5.41, 5.74) is -5.55. The van der Waals surface area contributed by atoms with Crippen LogP contribution < -0.4 is 16.0 Å². The molecular weight excluding hydrogens is 430 g/mol. The highest BCUT2D eigenvalue weighted by atomic mass is 35.5. The molecule has 1 N–H and O–H groups in total. The number of halogens is 5. The van der Waals surface area contributed by atoms with Gasteiger partial charge in [0.25, 0.3) is 5.56 Å². The van der Waals surface area contributed by atoms with Gasteiger partial charge in [-0.1, -0.05) is 11.6 Å². The van der Waals surface area contributed by atoms with E-state index >= 15 is 0 Å². The second-order valence-corrected chi connectivity index (χ2v) is 8.67. The van der Waals surface area contributed by atoms with Crippen LogP contribution >= 0.6 is 11.6 Å². The summed E-state index contributed by atoms with van der Waals surface area (Å²) in [4.78, 5) is 24.4. The van der Waals surface area contributed by atoms with Gasteiger partial charge in [-0.05, 0) is 26.0 Å². The van der Waals surface area contributed by atoms with Crippen molar-refractivity contribution in [3.05, 3.63) is 55.6 Å². The van der Waals surface area contributed by atoms with Gasteiger partial charge in [0.05, 0.1) is 21.6 Å². The number of nitrogens with one attached hydrogen (secondary N) is 1. The minimum absolute atomic E-state index is 0.132. The summed E-state index contributed by atoms with van der Waals surface area (Å²) in [6, 6.07) is 1.53. The van der Waals surface area contributed by atoms with Crippen LogP contribution in [0, 0.1) is 5.82 Å². The Labute approximate surface area is 161 Å². The van der Waals surface area contributed by atoms with E-state index in [-0.39, 0.29) is 25.9 Å². The molecule has 0 aliphatic heterocycles. The van der Waals surface area contributed by atoms with Crippen LogP contribution in [-0.4, -0.2) is 22.8 Å². The molecule has 1 aromatic heterocycles. The summed E-state index contributed by atoms with van der Waals surface area (Å²) >= 11 is 5.81. The molecule has 7 nitrogen and oxygen atoms in total. The maximum atomic E-state index is 14.3. The Morgan fingerprint density at radius 2 is 1.71 bits per heavy atom. The summed E-state index contributed by atoms with van der Waals surface area (Å²) in [7, 11) is -3.16. The quantitative estimate of drug-likeness (QED) is 0.735. The Hall–Kier alpha value is -2.34. The molecule has 0 spiro atoms. The van der Waals surface area contributed by atoms with Crippen molar-refractivity contribution in [2.75, 3.05) is 4.72 Å². The second kappa shape index (κ2) is 7.24. The van der Waals surface area contributed by atoms with Crippen molar-refractivity contribution in [1.82, 2.24) is 9.13 Å². The Balaban J connectivity index is 2.77. The van der Waals surface area contributed by atoms with Crippen molar-refractivity contribution < 1.29 is 26.0 Å². The highest BCUT2D eigenvalue weighted by Crippen LogP contribution is 2.29. The van der Waals surface area contributed by atoms with Gasteiger partial charge in [-0.3, -0.25) is 14.1 Å². The largest absolute Gasteiger partial charge is 0.431 e. The van der Waals surface area contributed by atoms with E-state index in [1.165, 1.54) is 13.8 Å². The average molecular weight is 444 g/mol. The van der Waals surface area contributed by atoms with E-state index in [1.807, 2.05) is 0 Å². The number of alkyl halides is 3. The van der Waals surface area contributed by atoms with Crippen LogP contribution in [0.1, 0.15) is 19.5 Å². The first-order valence-corrected chi connectivity index (χ1v) is 9.50. The lowest BCUT2D eigenvalue weighted by Gasteiger charge is -2.16. The molecule has 2 aromatic rings. The molecule has 28 heavy (non-hydrogen) atoms. The number of hydrogen-bond donors (Lipinski definition) is 1. The first-order valence-electron chi connectivity index (χ1n) is 7.58. The minimum atomic E-state index is -4.98. The van der Waals surface area contributed by atoms with Crippen molar-refractivity contribution >= 4 is 27.3 Å². The van der Waals surface area contributed by atoms with Gasteiger partial charge >= 0.3 is 11.9 Å². The topological polar surface area (TPSA) is 90.2 Å². The van der Waals surface area contributed by atoms with Crippen LogP contribution in [0.15, 0.2) is 27.8 Å². The Morgan fingerprint density at radius 1 is 1.14 bits per heavy atom. The number of sulfonamides is 1. The van der Waals surface area contributed by atoms with E-state index in [9.17, 15) is 35.6 Å². The maximum absolute atomic E-state index is 14.3. The van der Waals surface area contributed by atoms with Gasteiger partial charge in [0.2, 0.25) is 10.0 Å². The SMILES string of the molecule is CC(C)S(=O)(=O)Nc1cc(-n2c(=O)cc(C(F)(F)F)n(C)c2=O)c(F)cc1Cl. The molecule has 154 valence electrons. The fourth-order valence-electron chi connectivity index (χ4n) is 2.18. The van der Waals surface area contributed by atoms with E-state index in [0.29, 0.717) is 6.07 Å². The fourth-order valence-corrected chi connectivity index (χ4v) is 3.14. The highest BCUT2D eigenvalue weighted by Gasteiger charge is 2.35. The predicted octanol–water partition coefficient (Wildman–Crippen LogP) is 2.50. The Morgan fingerprint density at radius 3 is 2.21 bits per heavy atom. The zero-order valence-electron chi connectivity index (χ0n) is 14.6. The molecule has 0 saturated carbocycles. The van der Waals surface area contributed by atoms with Gasteiger partial charge in [-0.2, -0.15) is 13.2 Å². The fraction of sp³-hybridized carbons (Fsp3) is 0.333. The summed E-state index contributed by atoms with van der Waals surface area (Å²) in [5, 5.41) is -1.26. The molecule has 0 unspecified atom stereocenters. The van der Waals surface area contributed by atoms with Crippen molar-refractivity contribution in [2.24, 2.45) is 7.05 Å². The van der Waals surface area contributed by atoms with Crippen LogP contribution in [0.5, 0.6) is 0 Å². The van der Waals surface area contributed by atoms with E-state index < -0.39 is 49.9 Å². The molecule has 0 amide bonds. The number of aromatic nitrogens is 2. The summed E-state index contributed by atoms with van der Waals surface area (Å²) in [6.45, 7) is 2.72. The standard InChI is InChI=1S/C15H14ClF4N3O4S/c1-7(2)28(26,27)21-10-5-11(9(17)4-8(10)16)23-13(24)6-12(15(18,19)20)22(3)14(23)25/h4-7,21H,1-3H3. The second-order valence-electron chi connectivity index (χ2n) is 6.02. The van der Waals surface area contributed by atoms with Crippen molar-refractivity contribution in [3.8, 4) is 5.69 Å². The molecule has 1 heterocycles. The number of anilines is 1. The van der Waals surface area contributed by atoms with Crippen molar-refractivity contribution in [1.29, 1.82) is 0 Å². The average Bonchev–Trinajstić information content (AvgIpc) is 2.53. The van der Waals surface area contributed by atoms with Crippen LogP contribution in [-0.2, 0) is 23.2 Å². The molecule has 13 heteroatoms. The summed E-state index contributed by atoms with van der Waals surface area (Å²) < 4.78 is 79.5. The smallest absolute Gasteiger partial charge is 0.292 e. The highest BCUT2D eigenvalue weighted by molar-refractivity contribution is 7.93. The Kier molecular flexibility index (Phi) is 5.68. The third-order valence-corrected chi connectivity index (χ3v) is 5.82. The molecule has 0 aliphatic carbocycles. The molecule has 0 atom stereocenters. The Bertz CT molecular complexity index is 1150. The van der Waals surface area contributed by atoms with Crippen LogP contribution in [0.25, 0.3) is 5.69 Å². The van der Waals surface area contributed by atoms with Gasteiger partial charge in [-0.25, -0.2) is 22.2 Å². The molecule has 2 rings (SSSR count). The zero-order valence-corrected chi connectivity index (χ0v) is 16.2. The van der Waals surface area contributed by atoms with E-state index in [1.54, 1.807) is 0 Å². The third-order valence-electron chi connectivity index (χ3n) is 3.76. The molecule has 0 saturated heterocycles. The maximum Gasteiger partial charge on any atom is 0.431 e. The molecule has 0 bridgehead atoms. The lowest BCUT2D eigenvalue weighted by Crippen LogP contribution is -2.41. The van der Waals surface area contributed by atoms with Gasteiger partial charge in [-0.15, -0.1) is 0 Å². The first kappa shape index (κ1) is 22.0. The first-order chi connectivity index (χ1) is 12.7. The van der Waals surface area contributed by atoms with Crippen molar-refractivity contribution in [3.63, 3.8) is 0 Å². The molecular formula is C15H14ClF4N3O4S. The number of hydrogen-bond acceptors (Lipinski definition) is 4. The zero-order chi connectivity index (χ0) is 21.6. The molecule has 1 aromatic carbocycles. The molecule has 0 aliphatic rings. The third kappa shape index (κ3) is 4.07. The van der Waals surface area contributed by atoms with Crippen molar-refractivity contribution in [2.45, 2.75) is 25.3 Å². The predicted molar refractivity (Wildman–Crippen MR) is 94.9 cm³/mol. The van der Waals surface area contributed by atoms with E-state index in [4.69, 9.17) is 11.6 Å². The van der Waals surface area contributed by atoms with Crippen LogP contribution in [0.4, 0.5) is 23.2 Å². The number of benzene rings is 1. The number of rotatable bonds is 4. The van der Waals surface area contributed by atoms with Gasteiger partial charge in [0, 0.05) is 13.1 Å². The monoisotopic (exact) mass is 443 g/mol. The molecule has 0 radical (unpaired) electrons. The lowest BCUT2D eigenvalue weighted by molar-refractivity contribution is -0.144. The normalized spacial score (nSPS) is 12.5. The van der Waals surface area contributed by atoms with Gasteiger partial charge in [0.15, 0.2) is 0 Å². The lowest BCUT2D eigenvalue weighted by atomic mass is 10.2. The summed E-state index contributed by atoms with van der Waals surface area (Å²) in [6.07, 6.45) is -4.98. The van der Waals surface area contributed by atoms with Gasteiger partial charge in [0.1, 0.15) is 11.5 Å². The molecule has 0 fully saturated rings. The summed E-state index contributed by atoms with van der Waals surface area (Å²) in [5.74, 6) is -1.21. The number of nitrogens with zero attached hydrogens (tertiary/aromatic N) is 2. The van der Waals surface area contributed by atoms with Crippen LogP contribution in [0.2, 0.25) is 5.02 Å². The van der Waals surface area contributed by atoms with Gasteiger partial charge < -0.3 is 0 Å². The van der Waals surface area contributed by atoms with Crippen LogP contribution in [0.3, 0.4) is 0 Å². The van der Waals surface area contributed by atoms with E-state index in [0.717, 1.165) is 13.1 Å².